The molecular formula is C16H17Cl2N7O2. The highest BCUT2D eigenvalue weighted by molar-refractivity contribution is 6.30. The molecule has 0 aliphatic heterocycles. The highest BCUT2D eigenvalue weighted by Gasteiger charge is 2.20. The van der Waals surface area contributed by atoms with Crippen molar-refractivity contribution in [2.24, 2.45) is 7.05 Å². The molecule has 11 heteroatoms. The van der Waals surface area contributed by atoms with Crippen molar-refractivity contribution in [1.82, 2.24) is 25.0 Å². The fourth-order valence-electron chi connectivity index (χ4n) is 2.27. The lowest BCUT2D eigenvalue weighted by Gasteiger charge is -2.15. The maximum absolute atomic E-state index is 12.3. The zero-order chi connectivity index (χ0) is 18.7. The minimum Gasteiger partial charge on any atom is -0.441 e. The van der Waals surface area contributed by atoms with Crippen molar-refractivity contribution in [3.8, 4) is 11.4 Å². The molecule has 27 heavy (non-hydrogen) atoms. The van der Waals surface area contributed by atoms with Gasteiger partial charge in [-0.15, -0.1) is 17.5 Å². The number of pyridine rings is 2. The Labute approximate surface area is 166 Å². The number of amides is 1. The minimum atomic E-state index is -0.681. The van der Waals surface area contributed by atoms with E-state index in [4.69, 9.17) is 22.1 Å². The minimum absolute atomic E-state index is 0. The second kappa shape index (κ2) is 8.65. The molecule has 3 N–H and O–H groups in total. The lowest BCUT2D eigenvalue weighted by atomic mass is 10.2. The number of nitrogens with one attached hydrogen (secondary N) is 1. The van der Waals surface area contributed by atoms with Crippen molar-refractivity contribution < 1.29 is 9.53 Å². The van der Waals surface area contributed by atoms with Crippen molar-refractivity contribution in [3.05, 3.63) is 47.4 Å². The number of carbonyl (C=O) groups excluding carboxylic acids is 1. The molecule has 1 amide bonds. The van der Waals surface area contributed by atoms with E-state index in [0.717, 1.165) is 0 Å². The number of aromatic nitrogens is 5. The van der Waals surface area contributed by atoms with E-state index in [9.17, 15) is 4.79 Å². The average molecular weight is 410 g/mol. The number of carbonyl (C=O) groups is 1. The van der Waals surface area contributed by atoms with Crippen molar-refractivity contribution in [3.63, 3.8) is 0 Å². The summed E-state index contributed by atoms with van der Waals surface area (Å²) in [4.78, 5) is 20.4. The fraction of sp³-hybridized carbons (Fsp3) is 0.188. The van der Waals surface area contributed by atoms with Crippen LogP contribution in [0.5, 0.6) is 0 Å². The molecule has 3 rings (SSSR count). The Hall–Kier alpha value is -2.91. The maximum Gasteiger partial charge on any atom is 0.413 e. The summed E-state index contributed by atoms with van der Waals surface area (Å²) < 4.78 is 6.78. The van der Waals surface area contributed by atoms with Crippen LogP contribution in [-0.2, 0) is 11.8 Å². The second-order valence-electron chi connectivity index (χ2n) is 5.44. The van der Waals surface area contributed by atoms with E-state index in [1.54, 1.807) is 44.4 Å². The number of aryl methyl sites for hydroxylation is 1. The van der Waals surface area contributed by atoms with Crippen LogP contribution in [0.25, 0.3) is 11.4 Å². The highest BCUT2D eigenvalue weighted by atomic mass is 35.5. The van der Waals surface area contributed by atoms with Gasteiger partial charge in [-0.1, -0.05) is 22.9 Å². The van der Waals surface area contributed by atoms with E-state index in [-0.39, 0.29) is 17.6 Å². The number of nitrogens with zero attached hydrogens (tertiary/aromatic N) is 5. The largest absolute Gasteiger partial charge is 0.441 e. The number of nitrogen functional groups attached to an aromatic ring is 1. The first kappa shape index (κ1) is 20.4. The number of ether oxygens (including phenoxy) is 1. The zero-order valence-electron chi connectivity index (χ0n) is 14.5. The maximum atomic E-state index is 12.3. The Kier molecular flexibility index (Phi) is 6.54. The van der Waals surface area contributed by atoms with Gasteiger partial charge in [0.15, 0.2) is 11.5 Å². The molecule has 9 nitrogen and oxygen atoms in total. The third-order valence-corrected chi connectivity index (χ3v) is 3.90. The molecule has 0 aliphatic carbocycles. The van der Waals surface area contributed by atoms with E-state index in [1.807, 2.05) is 0 Å². The Morgan fingerprint density at radius 2 is 2.11 bits per heavy atom. The van der Waals surface area contributed by atoms with Crippen LogP contribution in [0.3, 0.4) is 0 Å². The normalized spacial score (nSPS) is 11.4. The van der Waals surface area contributed by atoms with Crippen molar-refractivity contribution in [2.75, 3.05) is 11.1 Å². The number of rotatable bonds is 4. The van der Waals surface area contributed by atoms with Crippen LogP contribution in [0.1, 0.15) is 18.6 Å². The monoisotopic (exact) mass is 409 g/mol. The van der Waals surface area contributed by atoms with Crippen LogP contribution in [0.2, 0.25) is 5.15 Å². The number of halogens is 2. The third kappa shape index (κ3) is 4.63. The van der Waals surface area contributed by atoms with E-state index in [1.165, 1.54) is 10.9 Å². The lowest BCUT2D eigenvalue weighted by Crippen LogP contribution is -2.18. The summed E-state index contributed by atoms with van der Waals surface area (Å²) in [5.41, 5.74) is 7.69. The molecule has 1 atom stereocenters. The third-order valence-electron chi connectivity index (χ3n) is 3.59. The molecule has 3 aromatic heterocycles. The molecule has 0 spiro atoms. The first-order valence-corrected chi connectivity index (χ1v) is 8.03. The highest BCUT2D eigenvalue weighted by Crippen LogP contribution is 2.26. The molecule has 0 unspecified atom stereocenters. The number of nitrogens with two attached hydrogens (primary N) is 1. The zero-order valence-corrected chi connectivity index (χ0v) is 16.0. The van der Waals surface area contributed by atoms with Gasteiger partial charge in [-0.05, 0) is 25.1 Å². The van der Waals surface area contributed by atoms with Crippen LogP contribution in [0.15, 0.2) is 36.7 Å². The van der Waals surface area contributed by atoms with Crippen molar-refractivity contribution >= 4 is 41.6 Å². The molecule has 3 heterocycles. The standard InChI is InChI=1S/C16H16ClN7O2.ClH/c1-9(11-4-3-7-19-14(11)17)26-16(25)21-15-13(22-23-24(15)2)12-6-5-10(18)8-20-12;/h3-9H,18H2,1-2H3,(H,21,25);1H/t9-;/m1./s1. The van der Waals surface area contributed by atoms with Gasteiger partial charge >= 0.3 is 6.09 Å². The van der Waals surface area contributed by atoms with Gasteiger partial charge < -0.3 is 10.5 Å². The van der Waals surface area contributed by atoms with Gasteiger partial charge in [-0.3, -0.25) is 10.3 Å². The number of hydrogen-bond donors (Lipinski definition) is 2. The Bertz CT molecular complexity index is 931. The van der Waals surface area contributed by atoms with Crippen molar-refractivity contribution in [2.45, 2.75) is 13.0 Å². The van der Waals surface area contributed by atoms with Gasteiger partial charge in [0, 0.05) is 18.8 Å². The Morgan fingerprint density at radius 3 is 2.78 bits per heavy atom. The van der Waals surface area contributed by atoms with E-state index < -0.39 is 12.2 Å². The summed E-state index contributed by atoms with van der Waals surface area (Å²) in [5.74, 6) is 0.344. The van der Waals surface area contributed by atoms with Gasteiger partial charge in [0.05, 0.1) is 17.6 Å². The quantitative estimate of drug-likeness (QED) is 0.634. The molecular weight excluding hydrogens is 393 g/mol. The molecule has 0 radical (unpaired) electrons. The smallest absolute Gasteiger partial charge is 0.413 e. The van der Waals surface area contributed by atoms with Gasteiger partial charge in [-0.2, -0.15) is 0 Å². The topological polar surface area (TPSA) is 121 Å². The second-order valence-corrected chi connectivity index (χ2v) is 5.80. The summed E-state index contributed by atoms with van der Waals surface area (Å²) in [6, 6.07) is 6.83. The molecule has 0 aliphatic rings. The fourth-order valence-corrected chi connectivity index (χ4v) is 2.54. The number of anilines is 2. The predicted octanol–water partition coefficient (Wildman–Crippen LogP) is 3.24. The van der Waals surface area contributed by atoms with Gasteiger partial charge in [-0.25, -0.2) is 14.5 Å². The average Bonchev–Trinajstić information content (AvgIpc) is 2.96. The van der Waals surface area contributed by atoms with E-state index in [2.05, 4.69) is 25.6 Å². The molecule has 0 aromatic carbocycles. The van der Waals surface area contributed by atoms with Gasteiger partial charge in [0.1, 0.15) is 11.3 Å². The van der Waals surface area contributed by atoms with E-state index in [0.29, 0.717) is 28.5 Å². The van der Waals surface area contributed by atoms with E-state index >= 15 is 0 Å². The summed E-state index contributed by atoms with van der Waals surface area (Å²) in [5, 5.41) is 10.9. The summed E-state index contributed by atoms with van der Waals surface area (Å²) in [7, 11) is 1.64. The lowest BCUT2D eigenvalue weighted by molar-refractivity contribution is 0.121. The summed E-state index contributed by atoms with van der Waals surface area (Å²) >= 11 is 6.02. The van der Waals surface area contributed by atoms with Crippen molar-refractivity contribution in [1.29, 1.82) is 0 Å². The molecule has 0 saturated carbocycles. The first-order chi connectivity index (χ1) is 12.5. The SMILES string of the molecule is C[C@@H](OC(=O)Nc1c(-c2ccc(N)cn2)nnn1C)c1cccnc1Cl.Cl. The molecule has 0 saturated heterocycles. The van der Waals surface area contributed by atoms with Crippen LogP contribution in [0.4, 0.5) is 16.3 Å². The van der Waals surface area contributed by atoms with Gasteiger partial charge in [0.2, 0.25) is 0 Å². The van der Waals surface area contributed by atoms with Crippen LogP contribution < -0.4 is 11.1 Å². The summed E-state index contributed by atoms with van der Waals surface area (Å²) in [6.45, 7) is 1.70. The van der Waals surface area contributed by atoms with Gasteiger partial charge in [0.25, 0.3) is 0 Å². The molecule has 142 valence electrons. The molecule has 0 fully saturated rings. The summed E-state index contributed by atoms with van der Waals surface area (Å²) in [6.07, 6.45) is 1.79. The van der Waals surface area contributed by atoms with Crippen LogP contribution in [0, 0.1) is 0 Å². The number of hydrogen-bond acceptors (Lipinski definition) is 7. The Morgan fingerprint density at radius 1 is 1.33 bits per heavy atom. The van der Waals surface area contributed by atoms with Crippen LogP contribution >= 0.6 is 24.0 Å². The Balaban J connectivity index is 0.00000261. The molecule has 0 bridgehead atoms. The van der Waals surface area contributed by atoms with Crippen LogP contribution in [-0.4, -0.2) is 31.1 Å². The molecule has 3 aromatic rings. The first-order valence-electron chi connectivity index (χ1n) is 7.65. The predicted molar refractivity (Wildman–Crippen MR) is 104 cm³/mol.